The molecule has 10 nitrogen and oxygen atoms in total. The number of rotatable bonds is 7. The van der Waals surface area contributed by atoms with E-state index in [9.17, 15) is 14.4 Å². The fourth-order valence-electron chi connectivity index (χ4n) is 2.30. The molecule has 0 bridgehead atoms. The summed E-state index contributed by atoms with van der Waals surface area (Å²) >= 11 is 0. The van der Waals surface area contributed by atoms with E-state index in [2.05, 4.69) is 15.8 Å². The fourth-order valence-corrected chi connectivity index (χ4v) is 2.30. The average molecular weight is 400 g/mol. The normalized spacial score (nSPS) is 10.3. The van der Waals surface area contributed by atoms with Gasteiger partial charge in [0.05, 0.1) is 27.5 Å². The molecule has 0 aliphatic rings. The number of primary amides is 1. The minimum atomic E-state index is -0.979. The highest BCUT2D eigenvalue weighted by atomic mass is 16.5. The second-order valence-corrected chi connectivity index (χ2v) is 5.55. The molecule has 2 rings (SSSR count). The Morgan fingerprint density at radius 1 is 0.931 bits per heavy atom. The van der Waals surface area contributed by atoms with Gasteiger partial charge in [-0.3, -0.25) is 14.4 Å². The molecular formula is C19H20N4O6. The van der Waals surface area contributed by atoms with E-state index in [0.29, 0.717) is 28.5 Å². The molecule has 2 aromatic carbocycles. The Kier molecular flexibility index (Phi) is 7.13. The van der Waals surface area contributed by atoms with E-state index < -0.39 is 17.7 Å². The summed E-state index contributed by atoms with van der Waals surface area (Å²) in [6, 6.07) is 9.00. The van der Waals surface area contributed by atoms with Gasteiger partial charge < -0.3 is 25.3 Å². The molecule has 0 aliphatic carbocycles. The third kappa shape index (κ3) is 5.45. The van der Waals surface area contributed by atoms with Crippen LogP contribution in [0.25, 0.3) is 0 Å². The van der Waals surface area contributed by atoms with Crippen LogP contribution >= 0.6 is 0 Å². The molecule has 29 heavy (non-hydrogen) atoms. The Bertz CT molecular complexity index is 915. The van der Waals surface area contributed by atoms with Gasteiger partial charge in [-0.2, -0.15) is 5.10 Å². The number of carbonyl (C=O) groups is 3. The predicted octanol–water partition coefficient (Wildman–Crippen LogP) is 0.900. The van der Waals surface area contributed by atoms with Crippen LogP contribution in [0.2, 0.25) is 0 Å². The van der Waals surface area contributed by atoms with Gasteiger partial charge in [0.25, 0.3) is 0 Å². The quantitative estimate of drug-likeness (QED) is 0.358. The molecule has 0 aromatic heterocycles. The van der Waals surface area contributed by atoms with Gasteiger partial charge in [0, 0.05) is 16.8 Å². The molecule has 0 spiro atoms. The van der Waals surface area contributed by atoms with Crippen LogP contribution in [0.15, 0.2) is 41.5 Å². The molecule has 0 aliphatic heterocycles. The molecule has 0 saturated heterocycles. The minimum absolute atomic E-state index is 0.280. The lowest BCUT2D eigenvalue weighted by atomic mass is 10.2. The summed E-state index contributed by atoms with van der Waals surface area (Å²) in [5, 5.41) is 6.12. The van der Waals surface area contributed by atoms with Crippen molar-refractivity contribution in [3.63, 3.8) is 0 Å². The topological polar surface area (TPSA) is 141 Å². The lowest BCUT2D eigenvalue weighted by Crippen LogP contribution is -2.32. The molecule has 0 unspecified atom stereocenters. The summed E-state index contributed by atoms with van der Waals surface area (Å²) in [7, 11) is 4.43. The van der Waals surface area contributed by atoms with Crippen molar-refractivity contribution in [2.45, 2.75) is 0 Å². The van der Waals surface area contributed by atoms with Crippen molar-refractivity contribution in [3.05, 3.63) is 47.5 Å². The Hall–Kier alpha value is -4.08. The van der Waals surface area contributed by atoms with Gasteiger partial charge in [-0.15, -0.1) is 0 Å². The van der Waals surface area contributed by atoms with Gasteiger partial charge in [-0.25, -0.2) is 5.43 Å². The number of hydrazone groups is 1. The second kappa shape index (κ2) is 9.74. The number of hydrogen-bond donors (Lipinski definition) is 3. The maximum Gasteiger partial charge on any atom is 0.329 e. The van der Waals surface area contributed by atoms with E-state index >= 15 is 0 Å². The van der Waals surface area contributed by atoms with E-state index in [0.717, 1.165) is 0 Å². The number of methoxy groups -OCH3 is 3. The van der Waals surface area contributed by atoms with E-state index in [4.69, 9.17) is 19.9 Å². The lowest BCUT2D eigenvalue weighted by Gasteiger charge is -2.12. The number of nitrogens with one attached hydrogen (secondary N) is 2. The van der Waals surface area contributed by atoms with Gasteiger partial charge in [0.15, 0.2) is 11.5 Å². The summed E-state index contributed by atoms with van der Waals surface area (Å²) in [4.78, 5) is 34.8. The van der Waals surface area contributed by atoms with Gasteiger partial charge in [-0.1, -0.05) is 0 Å². The second-order valence-electron chi connectivity index (χ2n) is 5.55. The van der Waals surface area contributed by atoms with Crippen LogP contribution in [0.3, 0.4) is 0 Å². The molecule has 0 fully saturated rings. The number of nitrogens with two attached hydrogens (primary N) is 1. The van der Waals surface area contributed by atoms with Crippen LogP contribution < -0.4 is 30.7 Å². The van der Waals surface area contributed by atoms with Crippen molar-refractivity contribution in [3.8, 4) is 17.2 Å². The highest BCUT2D eigenvalue weighted by Gasteiger charge is 2.14. The molecule has 2 aromatic rings. The number of hydrogen-bond acceptors (Lipinski definition) is 7. The van der Waals surface area contributed by atoms with Crippen molar-refractivity contribution in [1.29, 1.82) is 0 Å². The minimum Gasteiger partial charge on any atom is -0.493 e. The smallest absolute Gasteiger partial charge is 0.329 e. The Labute approximate surface area is 166 Å². The van der Waals surface area contributed by atoms with Crippen molar-refractivity contribution < 1.29 is 28.6 Å². The van der Waals surface area contributed by atoms with Gasteiger partial charge in [0.2, 0.25) is 11.7 Å². The first kappa shape index (κ1) is 21.2. The molecule has 0 radical (unpaired) electrons. The summed E-state index contributed by atoms with van der Waals surface area (Å²) < 4.78 is 15.7. The molecule has 10 heteroatoms. The van der Waals surface area contributed by atoms with Crippen LogP contribution in [-0.2, 0) is 9.59 Å². The van der Waals surface area contributed by atoms with Crippen LogP contribution in [0.4, 0.5) is 5.69 Å². The van der Waals surface area contributed by atoms with Crippen LogP contribution in [0.5, 0.6) is 17.2 Å². The molecule has 0 atom stereocenters. The number of nitrogens with zero attached hydrogens (tertiary/aromatic N) is 1. The Morgan fingerprint density at radius 2 is 1.52 bits per heavy atom. The third-order valence-electron chi connectivity index (χ3n) is 3.70. The number of carbonyl (C=O) groups excluding carboxylic acids is 3. The molecule has 152 valence electrons. The van der Waals surface area contributed by atoms with Crippen LogP contribution in [0.1, 0.15) is 15.9 Å². The standard InChI is InChI=1S/C19H20N4O6/c1-27-14-8-11(9-15(28-2)16(14)29-3)10-21-23-19(26)18(25)22-13-6-4-12(5-7-13)17(20)24/h4-10H,1-3H3,(H2,20,24)(H,22,25)(H,23,26)/b21-10+. The van der Waals surface area contributed by atoms with E-state index in [1.54, 1.807) is 12.1 Å². The monoisotopic (exact) mass is 400 g/mol. The van der Waals surface area contributed by atoms with Crippen molar-refractivity contribution in [2.24, 2.45) is 10.8 Å². The van der Waals surface area contributed by atoms with Gasteiger partial charge in [-0.05, 0) is 36.4 Å². The zero-order valence-corrected chi connectivity index (χ0v) is 16.0. The summed E-state index contributed by atoms with van der Waals surface area (Å²) in [5.41, 5.74) is 8.40. The van der Waals surface area contributed by atoms with Gasteiger partial charge in [0.1, 0.15) is 0 Å². The number of anilines is 1. The molecule has 3 amide bonds. The maximum atomic E-state index is 11.9. The first-order valence-corrected chi connectivity index (χ1v) is 8.23. The average Bonchev–Trinajstić information content (AvgIpc) is 2.73. The van der Waals surface area contributed by atoms with E-state index in [1.807, 2.05) is 0 Å². The van der Waals surface area contributed by atoms with E-state index in [1.165, 1.54) is 51.8 Å². The number of benzene rings is 2. The van der Waals surface area contributed by atoms with Crippen LogP contribution in [0, 0.1) is 0 Å². The molecule has 0 saturated carbocycles. The van der Waals surface area contributed by atoms with Gasteiger partial charge >= 0.3 is 11.8 Å². The van der Waals surface area contributed by atoms with Crippen molar-refractivity contribution >= 4 is 29.6 Å². The molecule has 4 N–H and O–H groups in total. The summed E-state index contributed by atoms with van der Waals surface area (Å²) in [6.45, 7) is 0. The summed E-state index contributed by atoms with van der Waals surface area (Å²) in [5.74, 6) is -1.26. The number of ether oxygens (including phenoxy) is 3. The highest BCUT2D eigenvalue weighted by molar-refractivity contribution is 6.39. The molecular weight excluding hydrogens is 380 g/mol. The lowest BCUT2D eigenvalue weighted by molar-refractivity contribution is -0.136. The van der Waals surface area contributed by atoms with E-state index in [-0.39, 0.29) is 5.56 Å². The first-order valence-electron chi connectivity index (χ1n) is 8.23. The Morgan fingerprint density at radius 3 is 2.00 bits per heavy atom. The summed E-state index contributed by atoms with van der Waals surface area (Å²) in [6.07, 6.45) is 1.32. The van der Waals surface area contributed by atoms with Crippen LogP contribution in [-0.4, -0.2) is 45.3 Å². The first-order chi connectivity index (χ1) is 13.9. The maximum absolute atomic E-state index is 11.9. The third-order valence-corrected chi connectivity index (χ3v) is 3.70. The van der Waals surface area contributed by atoms with Crippen molar-refractivity contribution in [2.75, 3.05) is 26.6 Å². The number of amides is 3. The zero-order valence-electron chi connectivity index (χ0n) is 16.0. The fraction of sp³-hybridized carbons (Fsp3) is 0.158. The zero-order chi connectivity index (χ0) is 21.4. The predicted molar refractivity (Wildman–Crippen MR) is 105 cm³/mol. The Balaban J connectivity index is 2.01. The highest BCUT2D eigenvalue weighted by Crippen LogP contribution is 2.37. The largest absolute Gasteiger partial charge is 0.493 e. The van der Waals surface area contributed by atoms with Crippen molar-refractivity contribution in [1.82, 2.24) is 5.43 Å². The molecule has 0 heterocycles. The SMILES string of the molecule is COc1cc(/C=N/NC(=O)C(=O)Nc2ccc(C(N)=O)cc2)cc(OC)c1OC.